The molecule has 3 heteroatoms. The zero-order valence-electron chi connectivity index (χ0n) is 13.1. The molecule has 0 bridgehead atoms. The minimum Gasteiger partial charge on any atom is -0.370 e. The lowest BCUT2D eigenvalue weighted by Crippen LogP contribution is -2.36. The predicted molar refractivity (Wildman–Crippen MR) is 89.6 cm³/mol. The monoisotopic (exact) mass is 283 g/mol. The van der Waals surface area contributed by atoms with Gasteiger partial charge in [-0.25, -0.2) is 4.98 Å². The van der Waals surface area contributed by atoms with Crippen LogP contribution in [-0.2, 0) is 6.54 Å². The van der Waals surface area contributed by atoms with Crippen molar-refractivity contribution in [2.45, 2.75) is 45.2 Å². The third-order valence-corrected chi connectivity index (χ3v) is 4.46. The van der Waals surface area contributed by atoms with E-state index >= 15 is 0 Å². The summed E-state index contributed by atoms with van der Waals surface area (Å²) in [4.78, 5) is 7.31. The van der Waals surface area contributed by atoms with E-state index in [0.29, 0.717) is 0 Å². The molecule has 1 aliphatic rings. The molecule has 3 rings (SSSR count). The van der Waals surface area contributed by atoms with Crippen LogP contribution in [0.2, 0.25) is 0 Å². The Morgan fingerprint density at radius 2 is 2.10 bits per heavy atom. The average Bonchev–Trinajstić information content (AvgIpc) is 2.43. The standard InChI is InChI=1S/C18H25N3/c1-3-11-19-18-15(13-21(2)16-8-6-9-16)12-14-7-4-5-10-17(14)20-18/h4-5,7,10,12,16H,3,6,8-9,11,13H2,1-2H3,(H,19,20). The molecule has 0 atom stereocenters. The van der Waals surface area contributed by atoms with E-state index in [1.165, 1.54) is 30.2 Å². The molecule has 112 valence electrons. The van der Waals surface area contributed by atoms with Crippen molar-refractivity contribution in [3.8, 4) is 0 Å². The molecule has 1 saturated carbocycles. The Kier molecular flexibility index (Phi) is 4.39. The van der Waals surface area contributed by atoms with E-state index in [2.05, 4.69) is 54.5 Å². The molecule has 0 aliphatic heterocycles. The lowest BCUT2D eigenvalue weighted by atomic mass is 9.91. The number of rotatable bonds is 6. The molecule has 1 aliphatic carbocycles. The van der Waals surface area contributed by atoms with Gasteiger partial charge in [-0.1, -0.05) is 31.5 Å². The topological polar surface area (TPSA) is 28.2 Å². The molecule has 21 heavy (non-hydrogen) atoms. The highest BCUT2D eigenvalue weighted by atomic mass is 15.1. The number of nitrogens with zero attached hydrogens (tertiary/aromatic N) is 2. The smallest absolute Gasteiger partial charge is 0.131 e. The molecule has 3 nitrogen and oxygen atoms in total. The van der Waals surface area contributed by atoms with Crippen LogP contribution in [0, 0.1) is 0 Å². The molecular weight excluding hydrogens is 258 g/mol. The van der Waals surface area contributed by atoms with Crippen molar-refractivity contribution in [3.63, 3.8) is 0 Å². The fourth-order valence-electron chi connectivity index (χ4n) is 2.90. The van der Waals surface area contributed by atoms with Gasteiger partial charge in [-0.05, 0) is 38.4 Å². The molecule has 0 saturated heterocycles. The zero-order valence-corrected chi connectivity index (χ0v) is 13.1. The van der Waals surface area contributed by atoms with E-state index < -0.39 is 0 Å². The largest absolute Gasteiger partial charge is 0.370 e. The number of anilines is 1. The van der Waals surface area contributed by atoms with Gasteiger partial charge in [0.1, 0.15) is 5.82 Å². The lowest BCUT2D eigenvalue weighted by molar-refractivity contribution is 0.153. The molecule has 1 heterocycles. The van der Waals surface area contributed by atoms with E-state index in [-0.39, 0.29) is 0 Å². The number of fused-ring (bicyclic) bond motifs is 1. The highest BCUT2D eigenvalue weighted by Gasteiger charge is 2.22. The number of pyridine rings is 1. The van der Waals surface area contributed by atoms with Gasteiger partial charge in [0.2, 0.25) is 0 Å². The van der Waals surface area contributed by atoms with Gasteiger partial charge in [0.25, 0.3) is 0 Å². The number of hydrogen-bond acceptors (Lipinski definition) is 3. The Morgan fingerprint density at radius 1 is 1.29 bits per heavy atom. The quantitative estimate of drug-likeness (QED) is 0.867. The fraction of sp³-hybridized carbons (Fsp3) is 0.500. The zero-order chi connectivity index (χ0) is 14.7. The van der Waals surface area contributed by atoms with Crippen molar-refractivity contribution in [2.75, 3.05) is 18.9 Å². The van der Waals surface area contributed by atoms with Gasteiger partial charge < -0.3 is 5.32 Å². The van der Waals surface area contributed by atoms with Crippen molar-refractivity contribution < 1.29 is 0 Å². The van der Waals surface area contributed by atoms with Crippen LogP contribution in [0.1, 0.15) is 38.2 Å². The summed E-state index contributed by atoms with van der Waals surface area (Å²) in [7, 11) is 2.24. The minimum atomic E-state index is 0.760. The van der Waals surface area contributed by atoms with Crippen molar-refractivity contribution in [1.82, 2.24) is 9.88 Å². The molecule has 1 fully saturated rings. The number of benzene rings is 1. The second kappa shape index (κ2) is 6.44. The second-order valence-corrected chi connectivity index (χ2v) is 6.12. The molecule has 0 amide bonds. The first-order valence-electron chi connectivity index (χ1n) is 8.10. The number of hydrogen-bond donors (Lipinski definition) is 1. The summed E-state index contributed by atoms with van der Waals surface area (Å²) in [5.41, 5.74) is 2.39. The molecule has 1 N–H and O–H groups in total. The van der Waals surface area contributed by atoms with Crippen LogP contribution in [0.4, 0.5) is 5.82 Å². The predicted octanol–water partition coefficient (Wildman–Crippen LogP) is 4.04. The molecule has 0 unspecified atom stereocenters. The Hall–Kier alpha value is -1.61. The Labute approximate surface area is 127 Å². The molecular formula is C18H25N3. The van der Waals surface area contributed by atoms with Crippen LogP contribution < -0.4 is 5.32 Å². The normalized spacial score (nSPS) is 15.4. The van der Waals surface area contributed by atoms with E-state index in [1.54, 1.807) is 0 Å². The van der Waals surface area contributed by atoms with Gasteiger partial charge >= 0.3 is 0 Å². The maximum absolute atomic E-state index is 4.83. The van der Waals surface area contributed by atoms with Crippen LogP contribution in [-0.4, -0.2) is 29.5 Å². The third kappa shape index (κ3) is 3.18. The van der Waals surface area contributed by atoms with Crippen molar-refractivity contribution in [1.29, 1.82) is 0 Å². The highest BCUT2D eigenvalue weighted by Crippen LogP contribution is 2.27. The van der Waals surface area contributed by atoms with Gasteiger partial charge in [-0.15, -0.1) is 0 Å². The third-order valence-electron chi connectivity index (χ3n) is 4.46. The summed E-state index contributed by atoms with van der Waals surface area (Å²) in [6.45, 7) is 4.15. The maximum Gasteiger partial charge on any atom is 0.131 e. The van der Waals surface area contributed by atoms with Crippen LogP contribution in [0.3, 0.4) is 0 Å². The number of para-hydroxylation sites is 1. The summed E-state index contributed by atoms with van der Waals surface area (Å²) >= 11 is 0. The Bertz CT molecular complexity index is 604. The SMILES string of the molecule is CCCNc1nc2ccccc2cc1CN(C)C1CCC1. The van der Waals surface area contributed by atoms with Crippen LogP contribution in [0.5, 0.6) is 0 Å². The first kappa shape index (κ1) is 14.3. The van der Waals surface area contributed by atoms with Gasteiger partial charge in [0.05, 0.1) is 5.52 Å². The summed E-state index contributed by atoms with van der Waals surface area (Å²) < 4.78 is 0. The van der Waals surface area contributed by atoms with E-state index in [0.717, 1.165) is 36.9 Å². The number of aromatic nitrogens is 1. The molecule has 2 aromatic rings. The van der Waals surface area contributed by atoms with Gasteiger partial charge in [0, 0.05) is 30.1 Å². The first-order chi connectivity index (χ1) is 10.3. The first-order valence-corrected chi connectivity index (χ1v) is 8.10. The van der Waals surface area contributed by atoms with Gasteiger partial charge in [0.15, 0.2) is 0 Å². The molecule has 1 aromatic carbocycles. The second-order valence-electron chi connectivity index (χ2n) is 6.12. The van der Waals surface area contributed by atoms with Crippen molar-refractivity contribution in [2.24, 2.45) is 0 Å². The Morgan fingerprint density at radius 3 is 2.81 bits per heavy atom. The van der Waals surface area contributed by atoms with Crippen LogP contribution in [0.15, 0.2) is 30.3 Å². The van der Waals surface area contributed by atoms with Crippen molar-refractivity contribution >= 4 is 16.7 Å². The number of nitrogens with one attached hydrogen (secondary N) is 1. The summed E-state index contributed by atoms with van der Waals surface area (Å²) in [5, 5.41) is 4.73. The fourth-order valence-corrected chi connectivity index (χ4v) is 2.90. The molecule has 0 radical (unpaired) electrons. The van der Waals surface area contributed by atoms with E-state index in [4.69, 9.17) is 4.98 Å². The summed E-state index contributed by atoms with van der Waals surface area (Å²) in [5.74, 6) is 1.06. The summed E-state index contributed by atoms with van der Waals surface area (Å²) in [6.07, 6.45) is 5.18. The molecule has 0 spiro atoms. The van der Waals surface area contributed by atoms with Crippen molar-refractivity contribution in [3.05, 3.63) is 35.9 Å². The summed E-state index contributed by atoms with van der Waals surface area (Å²) in [6, 6.07) is 11.4. The lowest BCUT2D eigenvalue weighted by Gasteiger charge is -2.35. The van der Waals surface area contributed by atoms with E-state index in [1.807, 2.05) is 0 Å². The maximum atomic E-state index is 4.83. The van der Waals surface area contributed by atoms with E-state index in [9.17, 15) is 0 Å². The van der Waals surface area contributed by atoms with Gasteiger partial charge in [-0.3, -0.25) is 4.90 Å². The van der Waals surface area contributed by atoms with Crippen LogP contribution in [0.25, 0.3) is 10.9 Å². The van der Waals surface area contributed by atoms with Crippen LogP contribution >= 0.6 is 0 Å². The average molecular weight is 283 g/mol. The Balaban J connectivity index is 1.88. The van der Waals surface area contributed by atoms with Gasteiger partial charge in [-0.2, -0.15) is 0 Å². The minimum absolute atomic E-state index is 0.760. The molecule has 1 aromatic heterocycles. The highest BCUT2D eigenvalue weighted by molar-refractivity contribution is 5.81.